The fourth-order valence-corrected chi connectivity index (χ4v) is 1.44. The number of hydrogen-bond acceptors (Lipinski definition) is 7. The third-order valence-corrected chi connectivity index (χ3v) is 2.59. The standard InChI is InChI=1S/C16H33NO6/c1-3-5-18-7-9-20-11-13-22-15-16-23-14-12-21-10-8-19-6-4-17-2/h3,17H,1,4-16H2,2H3. The lowest BCUT2D eigenvalue weighted by molar-refractivity contribution is -0.0154. The van der Waals surface area contributed by atoms with Crippen molar-refractivity contribution >= 4 is 0 Å². The van der Waals surface area contributed by atoms with Crippen molar-refractivity contribution in [3.05, 3.63) is 12.7 Å². The molecule has 0 radical (unpaired) electrons. The SMILES string of the molecule is C=CCOCCOCCOCCOCCOCCOCCNC. The van der Waals surface area contributed by atoms with Gasteiger partial charge in [-0.1, -0.05) is 6.08 Å². The summed E-state index contributed by atoms with van der Waals surface area (Å²) >= 11 is 0. The molecule has 0 saturated heterocycles. The second-order valence-corrected chi connectivity index (χ2v) is 4.53. The first-order valence-corrected chi connectivity index (χ1v) is 8.13. The Morgan fingerprint density at radius 3 is 1.30 bits per heavy atom. The lowest BCUT2D eigenvalue weighted by Gasteiger charge is -2.08. The Balaban J connectivity index is 2.93. The van der Waals surface area contributed by atoms with Crippen LogP contribution in [-0.4, -0.2) is 92.9 Å². The zero-order valence-electron chi connectivity index (χ0n) is 14.4. The molecule has 0 unspecified atom stereocenters. The van der Waals surface area contributed by atoms with Crippen molar-refractivity contribution < 1.29 is 28.4 Å². The maximum Gasteiger partial charge on any atom is 0.0704 e. The van der Waals surface area contributed by atoms with Gasteiger partial charge in [-0.05, 0) is 7.05 Å². The fraction of sp³-hybridized carbons (Fsp3) is 0.875. The monoisotopic (exact) mass is 335 g/mol. The maximum atomic E-state index is 5.38. The Hall–Kier alpha value is -0.540. The average molecular weight is 335 g/mol. The molecule has 0 aromatic carbocycles. The number of likely N-dealkylation sites (N-methyl/N-ethyl adjacent to an activating group) is 1. The molecular weight excluding hydrogens is 302 g/mol. The molecule has 138 valence electrons. The molecule has 0 aromatic rings. The van der Waals surface area contributed by atoms with Gasteiger partial charge < -0.3 is 33.7 Å². The summed E-state index contributed by atoms with van der Waals surface area (Å²) in [5.74, 6) is 0. The van der Waals surface area contributed by atoms with Crippen molar-refractivity contribution in [3.8, 4) is 0 Å². The third kappa shape index (κ3) is 21.5. The summed E-state index contributed by atoms with van der Waals surface area (Å²) in [7, 11) is 1.90. The molecule has 0 bridgehead atoms. The van der Waals surface area contributed by atoms with E-state index in [4.69, 9.17) is 28.4 Å². The predicted molar refractivity (Wildman–Crippen MR) is 89.0 cm³/mol. The summed E-state index contributed by atoms with van der Waals surface area (Å²) in [5, 5.41) is 3.01. The Kier molecular flexibility index (Phi) is 21.0. The van der Waals surface area contributed by atoms with Crippen LogP contribution in [-0.2, 0) is 28.4 Å². The van der Waals surface area contributed by atoms with Crippen LogP contribution < -0.4 is 5.32 Å². The van der Waals surface area contributed by atoms with Crippen LogP contribution in [0.5, 0.6) is 0 Å². The summed E-state index contributed by atoms with van der Waals surface area (Å²) in [6.07, 6.45) is 1.72. The largest absolute Gasteiger partial charge is 0.378 e. The van der Waals surface area contributed by atoms with E-state index in [0.717, 1.165) is 6.54 Å². The molecule has 0 aliphatic heterocycles. The van der Waals surface area contributed by atoms with Crippen LogP contribution in [0.2, 0.25) is 0 Å². The maximum absolute atomic E-state index is 5.38. The highest BCUT2D eigenvalue weighted by molar-refractivity contribution is 4.63. The molecule has 0 amide bonds. The molecule has 0 aliphatic carbocycles. The van der Waals surface area contributed by atoms with Gasteiger partial charge >= 0.3 is 0 Å². The van der Waals surface area contributed by atoms with E-state index in [1.54, 1.807) is 6.08 Å². The highest BCUT2D eigenvalue weighted by Crippen LogP contribution is 1.84. The van der Waals surface area contributed by atoms with E-state index in [1.807, 2.05) is 7.05 Å². The lowest BCUT2D eigenvalue weighted by atomic mass is 10.6. The van der Waals surface area contributed by atoms with Crippen molar-refractivity contribution in [1.82, 2.24) is 5.32 Å². The highest BCUT2D eigenvalue weighted by Gasteiger charge is 1.93. The first-order valence-electron chi connectivity index (χ1n) is 8.13. The minimum Gasteiger partial charge on any atom is -0.378 e. The molecule has 0 rings (SSSR count). The van der Waals surface area contributed by atoms with Gasteiger partial charge in [-0.25, -0.2) is 0 Å². The van der Waals surface area contributed by atoms with Crippen LogP contribution in [0.15, 0.2) is 12.7 Å². The van der Waals surface area contributed by atoms with Crippen LogP contribution >= 0.6 is 0 Å². The lowest BCUT2D eigenvalue weighted by Crippen LogP contribution is -2.17. The van der Waals surface area contributed by atoms with Gasteiger partial charge in [0.15, 0.2) is 0 Å². The second kappa shape index (κ2) is 21.5. The zero-order chi connectivity index (χ0) is 16.8. The van der Waals surface area contributed by atoms with E-state index < -0.39 is 0 Å². The Bertz CT molecular complexity index is 231. The van der Waals surface area contributed by atoms with Gasteiger partial charge in [-0.2, -0.15) is 0 Å². The highest BCUT2D eigenvalue weighted by atomic mass is 16.6. The van der Waals surface area contributed by atoms with E-state index in [0.29, 0.717) is 79.3 Å². The molecule has 1 N–H and O–H groups in total. The van der Waals surface area contributed by atoms with E-state index in [-0.39, 0.29) is 0 Å². The fourth-order valence-electron chi connectivity index (χ4n) is 1.44. The Morgan fingerprint density at radius 2 is 0.957 bits per heavy atom. The quantitative estimate of drug-likeness (QED) is 0.257. The molecule has 0 fully saturated rings. The topological polar surface area (TPSA) is 67.4 Å². The Labute approximate surface area is 140 Å². The van der Waals surface area contributed by atoms with Crippen molar-refractivity contribution in [3.63, 3.8) is 0 Å². The van der Waals surface area contributed by atoms with Gasteiger partial charge in [-0.3, -0.25) is 0 Å². The molecule has 0 heterocycles. The summed E-state index contributed by atoms with van der Waals surface area (Å²) in [6, 6.07) is 0. The summed E-state index contributed by atoms with van der Waals surface area (Å²) in [5.41, 5.74) is 0. The van der Waals surface area contributed by atoms with Crippen molar-refractivity contribution in [2.24, 2.45) is 0 Å². The smallest absolute Gasteiger partial charge is 0.0704 e. The van der Waals surface area contributed by atoms with E-state index in [2.05, 4.69) is 11.9 Å². The molecule has 7 heteroatoms. The van der Waals surface area contributed by atoms with Gasteiger partial charge in [0.1, 0.15) is 0 Å². The van der Waals surface area contributed by atoms with Gasteiger partial charge in [0.05, 0.1) is 79.3 Å². The molecule has 0 spiro atoms. The number of rotatable bonds is 20. The normalized spacial score (nSPS) is 11.0. The summed E-state index contributed by atoms with van der Waals surface area (Å²) in [4.78, 5) is 0. The minimum absolute atomic E-state index is 0.559. The van der Waals surface area contributed by atoms with Gasteiger partial charge in [-0.15, -0.1) is 6.58 Å². The summed E-state index contributed by atoms with van der Waals surface area (Å²) in [6.45, 7) is 11.4. The molecular formula is C16H33NO6. The van der Waals surface area contributed by atoms with Gasteiger partial charge in [0.2, 0.25) is 0 Å². The van der Waals surface area contributed by atoms with Crippen LogP contribution in [0.4, 0.5) is 0 Å². The Morgan fingerprint density at radius 1 is 0.609 bits per heavy atom. The van der Waals surface area contributed by atoms with Crippen LogP contribution in [0.25, 0.3) is 0 Å². The molecule has 0 aromatic heterocycles. The number of ether oxygens (including phenoxy) is 6. The molecule has 23 heavy (non-hydrogen) atoms. The minimum atomic E-state index is 0.559. The van der Waals surface area contributed by atoms with Crippen LogP contribution in [0.3, 0.4) is 0 Å². The zero-order valence-corrected chi connectivity index (χ0v) is 14.4. The van der Waals surface area contributed by atoms with Crippen molar-refractivity contribution in [2.45, 2.75) is 0 Å². The van der Waals surface area contributed by atoms with E-state index in [1.165, 1.54) is 0 Å². The van der Waals surface area contributed by atoms with E-state index in [9.17, 15) is 0 Å². The van der Waals surface area contributed by atoms with Crippen molar-refractivity contribution in [1.29, 1.82) is 0 Å². The number of nitrogens with one attached hydrogen (secondary N) is 1. The molecule has 7 nitrogen and oxygen atoms in total. The van der Waals surface area contributed by atoms with Gasteiger partial charge in [0.25, 0.3) is 0 Å². The molecule has 0 aliphatic rings. The second-order valence-electron chi connectivity index (χ2n) is 4.53. The summed E-state index contributed by atoms with van der Waals surface area (Å²) < 4.78 is 31.9. The van der Waals surface area contributed by atoms with Crippen molar-refractivity contribution in [2.75, 3.05) is 92.9 Å². The van der Waals surface area contributed by atoms with Crippen LogP contribution in [0.1, 0.15) is 0 Å². The average Bonchev–Trinajstić information content (AvgIpc) is 2.57. The van der Waals surface area contributed by atoms with E-state index >= 15 is 0 Å². The number of hydrogen-bond donors (Lipinski definition) is 1. The molecule has 0 atom stereocenters. The third-order valence-electron chi connectivity index (χ3n) is 2.59. The van der Waals surface area contributed by atoms with Gasteiger partial charge in [0, 0.05) is 6.54 Å². The first-order chi connectivity index (χ1) is 11.4. The molecule has 0 saturated carbocycles. The predicted octanol–water partition coefficient (Wildman–Crippen LogP) is 0.491. The van der Waals surface area contributed by atoms with Crippen LogP contribution in [0, 0.1) is 0 Å². The first kappa shape index (κ1) is 22.5.